The summed E-state index contributed by atoms with van der Waals surface area (Å²) in [5.74, 6) is 2.01. The van der Waals surface area contributed by atoms with Crippen LogP contribution in [0, 0.1) is 12.8 Å². The van der Waals surface area contributed by atoms with Crippen LogP contribution in [0.1, 0.15) is 48.3 Å². The second-order valence-corrected chi connectivity index (χ2v) is 11.1. The van der Waals surface area contributed by atoms with Crippen LogP contribution >= 0.6 is 0 Å². The number of ether oxygens (including phenoxy) is 1. The Hall–Kier alpha value is -2.58. The lowest BCUT2D eigenvalue weighted by Crippen LogP contribution is -2.74. The number of likely N-dealkylation sites (tertiary alicyclic amines) is 2. The Balaban J connectivity index is 1.29. The zero-order valence-corrected chi connectivity index (χ0v) is 19.5. The van der Waals surface area contributed by atoms with Gasteiger partial charge in [0.25, 0.3) is 0 Å². The molecule has 1 aromatic carbocycles. The quantitative estimate of drug-likeness (QED) is 0.712. The van der Waals surface area contributed by atoms with E-state index in [0.29, 0.717) is 36.7 Å². The van der Waals surface area contributed by atoms with E-state index in [4.69, 9.17) is 9.26 Å². The number of amides is 1. The number of rotatable bonds is 4. The molecule has 7 rings (SSSR count). The number of nitrogens with zero attached hydrogens (tertiary/aromatic N) is 3. The highest BCUT2D eigenvalue weighted by Gasteiger charge is 2.71. The minimum Gasteiger partial charge on any atom is -0.504 e. The van der Waals surface area contributed by atoms with Crippen LogP contribution in [-0.2, 0) is 23.1 Å². The maximum Gasteiger partial charge on any atom is 0.228 e. The fourth-order valence-electron chi connectivity index (χ4n) is 7.40. The molecule has 8 nitrogen and oxygen atoms in total. The Morgan fingerprint density at radius 2 is 2.12 bits per heavy atom. The Kier molecular flexibility index (Phi) is 4.26. The number of aromatic hydroxyl groups is 1. The number of phenolic OH excluding ortho intramolecular Hbond substituents is 1. The third-order valence-electron chi connectivity index (χ3n) is 9.15. The number of hydrogen-bond acceptors (Lipinski definition) is 7. The average Bonchev–Trinajstić information content (AvgIpc) is 3.46. The van der Waals surface area contributed by atoms with Crippen molar-refractivity contribution in [3.63, 3.8) is 0 Å². The van der Waals surface area contributed by atoms with Gasteiger partial charge in [0.05, 0.1) is 29.7 Å². The SMILES string of the molecule is Cc1cc(CC(=O)N2CC[C@@]3(O)[C@H]4Cc5ccc(O)c6c5[C@@]3(CCN4CC3CC3)[C@H](C2)O6)no1. The maximum absolute atomic E-state index is 13.3. The summed E-state index contributed by atoms with van der Waals surface area (Å²) >= 11 is 0. The second-order valence-electron chi connectivity index (χ2n) is 11.1. The van der Waals surface area contributed by atoms with Crippen molar-refractivity contribution in [3.8, 4) is 11.5 Å². The zero-order valence-electron chi connectivity index (χ0n) is 19.5. The minimum atomic E-state index is -1.02. The van der Waals surface area contributed by atoms with Crippen molar-refractivity contribution in [2.45, 2.75) is 68.6 Å². The maximum atomic E-state index is 13.3. The summed E-state index contributed by atoms with van der Waals surface area (Å²) in [6.45, 7) is 4.62. The fraction of sp³-hybridized carbons (Fsp3) is 0.615. The highest BCUT2D eigenvalue weighted by atomic mass is 16.5. The van der Waals surface area contributed by atoms with E-state index in [0.717, 1.165) is 37.4 Å². The van der Waals surface area contributed by atoms with Crippen LogP contribution in [-0.4, -0.2) is 75.0 Å². The van der Waals surface area contributed by atoms with Crippen LogP contribution in [0.5, 0.6) is 11.5 Å². The van der Waals surface area contributed by atoms with E-state index < -0.39 is 17.1 Å². The average molecular weight is 466 g/mol. The van der Waals surface area contributed by atoms with Crippen molar-refractivity contribution in [3.05, 3.63) is 40.8 Å². The Labute approximate surface area is 198 Å². The number of hydrogen-bond donors (Lipinski definition) is 2. The molecule has 1 aromatic heterocycles. The highest BCUT2D eigenvalue weighted by molar-refractivity contribution is 5.78. The number of aromatic nitrogens is 1. The lowest BCUT2D eigenvalue weighted by molar-refractivity contribution is -0.162. The van der Waals surface area contributed by atoms with Crippen LogP contribution in [0.2, 0.25) is 0 Å². The number of phenols is 1. The molecule has 2 N–H and O–H groups in total. The van der Waals surface area contributed by atoms with Crippen molar-refractivity contribution in [2.75, 3.05) is 26.2 Å². The molecule has 0 radical (unpaired) electrons. The van der Waals surface area contributed by atoms with Crippen molar-refractivity contribution < 1.29 is 24.3 Å². The van der Waals surface area contributed by atoms with Crippen LogP contribution < -0.4 is 4.74 Å². The second kappa shape index (κ2) is 6.98. The van der Waals surface area contributed by atoms with E-state index in [1.54, 1.807) is 12.1 Å². The van der Waals surface area contributed by atoms with Crippen molar-refractivity contribution >= 4 is 5.91 Å². The molecule has 2 aliphatic carbocycles. The summed E-state index contributed by atoms with van der Waals surface area (Å²) < 4.78 is 11.6. The highest BCUT2D eigenvalue weighted by Crippen LogP contribution is 2.63. The first-order valence-corrected chi connectivity index (χ1v) is 12.6. The number of benzene rings is 1. The molecule has 5 aliphatic rings. The summed E-state index contributed by atoms with van der Waals surface area (Å²) in [7, 11) is 0. The Morgan fingerprint density at radius 1 is 1.26 bits per heavy atom. The summed E-state index contributed by atoms with van der Waals surface area (Å²) in [6, 6.07) is 5.51. The fourth-order valence-corrected chi connectivity index (χ4v) is 7.40. The van der Waals surface area contributed by atoms with Crippen LogP contribution in [0.4, 0.5) is 0 Å². The van der Waals surface area contributed by atoms with Crippen molar-refractivity contribution in [1.29, 1.82) is 0 Å². The van der Waals surface area contributed by atoms with Gasteiger partial charge in [-0.25, -0.2) is 0 Å². The number of aryl methyl sites for hydroxylation is 1. The molecule has 8 heteroatoms. The number of piperidine rings is 1. The molecule has 1 amide bonds. The largest absolute Gasteiger partial charge is 0.504 e. The van der Waals surface area contributed by atoms with Crippen molar-refractivity contribution in [2.24, 2.45) is 5.92 Å². The molecule has 2 saturated heterocycles. The van der Waals surface area contributed by atoms with Crippen LogP contribution in [0.3, 0.4) is 0 Å². The molecule has 2 aromatic rings. The lowest BCUT2D eigenvalue weighted by Gasteiger charge is -2.60. The molecular weight excluding hydrogens is 434 g/mol. The van der Waals surface area contributed by atoms with Gasteiger partial charge < -0.3 is 24.4 Å². The Morgan fingerprint density at radius 3 is 2.88 bits per heavy atom. The summed E-state index contributed by atoms with van der Waals surface area (Å²) in [6.07, 6.45) is 4.33. The first-order valence-electron chi connectivity index (χ1n) is 12.6. The van der Waals surface area contributed by atoms with Gasteiger partial charge in [0.1, 0.15) is 11.9 Å². The first-order chi connectivity index (χ1) is 16.4. The normalized spacial score (nSPS) is 33.9. The lowest BCUT2D eigenvalue weighted by atomic mass is 9.52. The van der Waals surface area contributed by atoms with Gasteiger partial charge in [-0.2, -0.15) is 0 Å². The van der Waals surface area contributed by atoms with E-state index in [9.17, 15) is 15.0 Å². The molecular formula is C26H31N3O5. The van der Waals surface area contributed by atoms with Gasteiger partial charge in [0.15, 0.2) is 11.5 Å². The molecule has 0 unspecified atom stereocenters. The molecule has 4 atom stereocenters. The summed E-state index contributed by atoms with van der Waals surface area (Å²) in [4.78, 5) is 17.7. The van der Waals surface area contributed by atoms with E-state index in [2.05, 4.69) is 10.1 Å². The van der Waals surface area contributed by atoms with Gasteiger partial charge in [-0.3, -0.25) is 9.69 Å². The van der Waals surface area contributed by atoms with Gasteiger partial charge in [0, 0.05) is 30.8 Å². The third kappa shape index (κ3) is 2.72. The van der Waals surface area contributed by atoms with Crippen LogP contribution in [0.25, 0.3) is 0 Å². The van der Waals surface area contributed by atoms with Crippen LogP contribution in [0.15, 0.2) is 22.7 Å². The molecule has 2 bridgehead atoms. The number of aliphatic hydroxyl groups is 1. The summed E-state index contributed by atoms with van der Waals surface area (Å²) in [5.41, 5.74) is 1.15. The van der Waals surface area contributed by atoms with E-state index in [1.807, 2.05) is 17.9 Å². The topological polar surface area (TPSA) is 99.3 Å². The molecule has 1 saturated carbocycles. The smallest absolute Gasteiger partial charge is 0.228 e. The minimum absolute atomic E-state index is 0.0100. The van der Waals surface area contributed by atoms with E-state index in [1.165, 1.54) is 18.4 Å². The molecule has 34 heavy (non-hydrogen) atoms. The van der Waals surface area contributed by atoms with Crippen molar-refractivity contribution in [1.82, 2.24) is 15.0 Å². The number of carbonyl (C=O) groups is 1. The molecule has 3 aliphatic heterocycles. The monoisotopic (exact) mass is 465 g/mol. The van der Waals surface area contributed by atoms with Gasteiger partial charge in [-0.15, -0.1) is 0 Å². The molecule has 1 spiro atoms. The predicted octanol–water partition coefficient (Wildman–Crippen LogP) is 1.93. The van der Waals surface area contributed by atoms with Gasteiger partial charge >= 0.3 is 0 Å². The van der Waals surface area contributed by atoms with Gasteiger partial charge in [-0.1, -0.05) is 11.2 Å². The summed E-state index contributed by atoms with van der Waals surface area (Å²) in [5, 5.41) is 27.3. The molecule has 4 heterocycles. The molecule has 180 valence electrons. The van der Waals surface area contributed by atoms with Gasteiger partial charge in [0.2, 0.25) is 5.91 Å². The predicted molar refractivity (Wildman–Crippen MR) is 122 cm³/mol. The first kappa shape index (κ1) is 20.8. The van der Waals surface area contributed by atoms with Gasteiger partial charge in [-0.05, 0) is 63.1 Å². The zero-order chi connectivity index (χ0) is 23.2. The number of carbonyl (C=O) groups excluding carboxylic acids is 1. The third-order valence-corrected chi connectivity index (χ3v) is 9.15. The van der Waals surface area contributed by atoms with E-state index >= 15 is 0 Å². The standard InChI is InChI=1S/C26H31N3O5/c1-15-10-18(27-34-15)12-22(31)29-9-7-26(32)20-11-17-4-5-19(30)24-23(17)25(26,21(14-29)33-24)6-8-28(20)13-16-2-3-16/h4-5,10,16,20-21,30,32H,2-3,6-9,11-14H2,1H3/t20-,21+,25-,26-/m1/s1. The molecule has 3 fully saturated rings. The van der Waals surface area contributed by atoms with E-state index in [-0.39, 0.29) is 24.1 Å². The Bertz CT molecular complexity index is 1180.